The third-order valence-corrected chi connectivity index (χ3v) is 3.98. The molecule has 1 unspecified atom stereocenters. The molecule has 0 aliphatic heterocycles. The predicted octanol–water partition coefficient (Wildman–Crippen LogP) is 3.82. The minimum atomic E-state index is -0.0883. The highest BCUT2D eigenvalue weighted by Crippen LogP contribution is 2.35. The Morgan fingerprint density at radius 1 is 1.26 bits per heavy atom. The van der Waals surface area contributed by atoms with Gasteiger partial charge in [0.15, 0.2) is 0 Å². The summed E-state index contributed by atoms with van der Waals surface area (Å²) < 4.78 is 0. The van der Waals surface area contributed by atoms with E-state index >= 15 is 0 Å². The molecule has 1 atom stereocenters. The molecular weight excluding hydrogens is 307 g/mol. The van der Waals surface area contributed by atoms with E-state index in [2.05, 4.69) is 10.6 Å². The lowest BCUT2D eigenvalue weighted by atomic mass is 10.1. The fourth-order valence-electron chi connectivity index (χ4n) is 1.56. The van der Waals surface area contributed by atoms with Crippen LogP contribution in [-0.2, 0) is 4.79 Å². The molecule has 0 fully saturated rings. The van der Waals surface area contributed by atoms with Gasteiger partial charge in [-0.1, -0.05) is 47.8 Å². The Labute approximate surface area is 128 Å². The number of hydrogen-bond acceptors (Lipinski definition) is 2. The number of hydrogen-bond donors (Lipinski definition) is 2. The van der Waals surface area contributed by atoms with Gasteiger partial charge in [0.05, 0.1) is 21.6 Å². The molecule has 2 N–H and O–H groups in total. The quantitative estimate of drug-likeness (QED) is 0.781. The van der Waals surface area contributed by atoms with Crippen molar-refractivity contribution in [3.8, 4) is 0 Å². The van der Waals surface area contributed by atoms with Crippen LogP contribution in [0.3, 0.4) is 0 Å². The molecule has 0 radical (unpaired) electrons. The summed E-state index contributed by atoms with van der Waals surface area (Å²) in [4.78, 5) is 11.5. The van der Waals surface area contributed by atoms with Crippen LogP contribution in [0.15, 0.2) is 12.1 Å². The van der Waals surface area contributed by atoms with Gasteiger partial charge in [0, 0.05) is 12.6 Å². The highest BCUT2D eigenvalue weighted by atomic mass is 35.5. The predicted molar refractivity (Wildman–Crippen MR) is 81.2 cm³/mol. The largest absolute Gasteiger partial charge is 0.355 e. The Morgan fingerprint density at radius 2 is 1.95 bits per heavy atom. The van der Waals surface area contributed by atoms with E-state index in [1.165, 1.54) is 0 Å². The first-order valence-corrected chi connectivity index (χ1v) is 7.24. The zero-order valence-electron chi connectivity index (χ0n) is 10.9. The summed E-state index contributed by atoms with van der Waals surface area (Å²) in [7, 11) is 0. The second-order valence-electron chi connectivity index (χ2n) is 4.22. The Hall–Kier alpha value is -0.480. The van der Waals surface area contributed by atoms with Gasteiger partial charge in [-0.25, -0.2) is 0 Å². The zero-order chi connectivity index (χ0) is 14.4. The second kappa shape index (κ2) is 7.95. The van der Waals surface area contributed by atoms with Crippen molar-refractivity contribution in [2.45, 2.75) is 26.3 Å². The molecule has 0 saturated heterocycles. The van der Waals surface area contributed by atoms with Gasteiger partial charge in [0.25, 0.3) is 0 Å². The third-order valence-electron chi connectivity index (χ3n) is 2.67. The molecule has 19 heavy (non-hydrogen) atoms. The van der Waals surface area contributed by atoms with Gasteiger partial charge < -0.3 is 10.6 Å². The monoisotopic (exact) mass is 322 g/mol. The van der Waals surface area contributed by atoms with Crippen LogP contribution in [0.4, 0.5) is 0 Å². The number of benzene rings is 1. The van der Waals surface area contributed by atoms with Crippen LogP contribution >= 0.6 is 34.8 Å². The Morgan fingerprint density at radius 3 is 2.58 bits per heavy atom. The van der Waals surface area contributed by atoms with Gasteiger partial charge in [-0.2, -0.15) is 0 Å². The van der Waals surface area contributed by atoms with E-state index < -0.39 is 0 Å². The summed E-state index contributed by atoms with van der Waals surface area (Å²) >= 11 is 18.0. The Bertz CT molecular complexity index is 452. The Balaban J connectivity index is 2.61. The van der Waals surface area contributed by atoms with Crippen LogP contribution in [0, 0.1) is 0 Å². The molecule has 1 amide bonds. The van der Waals surface area contributed by atoms with E-state index in [9.17, 15) is 4.79 Å². The van der Waals surface area contributed by atoms with Crippen LogP contribution < -0.4 is 10.6 Å². The van der Waals surface area contributed by atoms with E-state index in [0.29, 0.717) is 21.6 Å². The average molecular weight is 324 g/mol. The molecule has 3 nitrogen and oxygen atoms in total. The summed E-state index contributed by atoms with van der Waals surface area (Å²) in [5, 5.41) is 7.07. The minimum Gasteiger partial charge on any atom is -0.355 e. The molecule has 0 bridgehead atoms. The molecule has 1 aromatic carbocycles. The number of carbonyl (C=O) groups is 1. The van der Waals surface area contributed by atoms with E-state index in [4.69, 9.17) is 34.8 Å². The fraction of sp³-hybridized carbons (Fsp3) is 0.462. The fourth-order valence-corrected chi connectivity index (χ4v) is 2.26. The van der Waals surface area contributed by atoms with E-state index in [1.54, 1.807) is 12.1 Å². The normalized spacial score (nSPS) is 12.3. The van der Waals surface area contributed by atoms with Crippen molar-refractivity contribution in [3.05, 3.63) is 32.8 Å². The summed E-state index contributed by atoms with van der Waals surface area (Å²) in [5.74, 6) is -0.0371. The van der Waals surface area contributed by atoms with Crippen LogP contribution in [0.5, 0.6) is 0 Å². The molecule has 0 heterocycles. The standard InChI is InChI=1S/C13H17Cl3N2O/c1-3-6-17-11(19)7-18-8(2)9-4-5-10(14)13(16)12(9)15/h4-5,8,18H,3,6-7H2,1-2H3,(H,17,19). The maximum Gasteiger partial charge on any atom is 0.233 e. The SMILES string of the molecule is CCCNC(=O)CNC(C)c1ccc(Cl)c(Cl)c1Cl. The molecule has 0 aliphatic carbocycles. The van der Waals surface area contributed by atoms with Gasteiger partial charge in [-0.15, -0.1) is 0 Å². The smallest absolute Gasteiger partial charge is 0.233 e. The first-order valence-electron chi connectivity index (χ1n) is 6.10. The van der Waals surface area contributed by atoms with Crippen LogP contribution in [0.25, 0.3) is 0 Å². The van der Waals surface area contributed by atoms with Crippen molar-refractivity contribution in [2.75, 3.05) is 13.1 Å². The van der Waals surface area contributed by atoms with Crippen molar-refractivity contribution in [1.29, 1.82) is 0 Å². The second-order valence-corrected chi connectivity index (χ2v) is 5.38. The summed E-state index contributed by atoms with van der Waals surface area (Å²) in [5.41, 5.74) is 0.819. The van der Waals surface area contributed by atoms with Crippen LogP contribution in [0.1, 0.15) is 31.9 Å². The number of amides is 1. The van der Waals surface area contributed by atoms with Crippen LogP contribution in [-0.4, -0.2) is 19.0 Å². The first kappa shape index (κ1) is 16.6. The van der Waals surface area contributed by atoms with Crippen molar-refractivity contribution < 1.29 is 4.79 Å². The highest BCUT2D eigenvalue weighted by molar-refractivity contribution is 6.48. The topological polar surface area (TPSA) is 41.1 Å². The molecule has 1 rings (SSSR count). The van der Waals surface area contributed by atoms with E-state index in [-0.39, 0.29) is 18.5 Å². The van der Waals surface area contributed by atoms with Crippen molar-refractivity contribution in [2.24, 2.45) is 0 Å². The number of nitrogens with one attached hydrogen (secondary N) is 2. The molecule has 106 valence electrons. The minimum absolute atomic E-state index is 0.0371. The van der Waals surface area contributed by atoms with Gasteiger partial charge in [-0.3, -0.25) is 4.79 Å². The lowest BCUT2D eigenvalue weighted by molar-refractivity contribution is -0.120. The van der Waals surface area contributed by atoms with Crippen molar-refractivity contribution >= 4 is 40.7 Å². The molecular formula is C13H17Cl3N2O. The molecule has 0 spiro atoms. The molecule has 0 aromatic heterocycles. The molecule has 0 aliphatic rings. The van der Waals surface area contributed by atoms with Gasteiger partial charge >= 0.3 is 0 Å². The summed E-state index contributed by atoms with van der Waals surface area (Å²) in [6.45, 7) is 4.84. The number of halogens is 3. The van der Waals surface area contributed by atoms with Crippen molar-refractivity contribution in [1.82, 2.24) is 10.6 Å². The first-order chi connectivity index (χ1) is 8.97. The van der Waals surface area contributed by atoms with Gasteiger partial charge in [0.2, 0.25) is 5.91 Å². The molecule has 6 heteroatoms. The average Bonchev–Trinajstić information content (AvgIpc) is 2.40. The molecule has 1 aromatic rings. The number of rotatable bonds is 6. The Kier molecular flexibility index (Phi) is 6.94. The molecule has 0 saturated carbocycles. The summed E-state index contributed by atoms with van der Waals surface area (Å²) in [6.07, 6.45) is 0.917. The van der Waals surface area contributed by atoms with E-state index in [1.807, 2.05) is 13.8 Å². The van der Waals surface area contributed by atoms with E-state index in [0.717, 1.165) is 12.0 Å². The van der Waals surface area contributed by atoms with Gasteiger partial charge in [0.1, 0.15) is 0 Å². The zero-order valence-corrected chi connectivity index (χ0v) is 13.2. The van der Waals surface area contributed by atoms with Crippen LogP contribution in [0.2, 0.25) is 15.1 Å². The third kappa shape index (κ3) is 4.84. The highest BCUT2D eigenvalue weighted by Gasteiger charge is 2.14. The number of carbonyl (C=O) groups excluding carboxylic acids is 1. The maximum atomic E-state index is 11.5. The van der Waals surface area contributed by atoms with Crippen molar-refractivity contribution in [3.63, 3.8) is 0 Å². The van der Waals surface area contributed by atoms with Gasteiger partial charge in [-0.05, 0) is 25.0 Å². The lowest BCUT2D eigenvalue weighted by Gasteiger charge is -2.16. The lowest BCUT2D eigenvalue weighted by Crippen LogP contribution is -2.35. The maximum absolute atomic E-state index is 11.5. The summed E-state index contributed by atoms with van der Waals surface area (Å²) in [6, 6.07) is 3.41.